The molecule has 0 atom stereocenters. The van der Waals surface area contributed by atoms with Crippen LogP contribution in [0, 0.1) is 0 Å². The molecule has 0 saturated heterocycles. The minimum absolute atomic E-state index is 2.47. The zero-order valence-corrected chi connectivity index (χ0v) is 12.0. The van der Waals surface area contributed by atoms with Crippen molar-refractivity contribution in [2.45, 2.75) is 47.9 Å². The van der Waals surface area contributed by atoms with Gasteiger partial charge in [0.25, 0.3) is 0 Å². The summed E-state index contributed by atoms with van der Waals surface area (Å²) in [6.45, 7) is 0. The fraction of sp³-hybridized carbons (Fsp3) is 0.800. The van der Waals surface area contributed by atoms with Crippen molar-refractivity contribution in [1.82, 2.24) is 0 Å². The van der Waals surface area contributed by atoms with Gasteiger partial charge in [0.1, 0.15) is 0 Å². The van der Waals surface area contributed by atoms with E-state index in [1.54, 1.807) is 0 Å². The Kier molecular flexibility index (Phi) is 6.14. The topological polar surface area (TPSA) is 0 Å². The fourth-order valence-corrected chi connectivity index (χ4v) is 1.19. The number of alkyl halides is 18. The van der Waals surface area contributed by atoms with E-state index < -0.39 is 60.0 Å². The van der Waals surface area contributed by atoms with Gasteiger partial charge in [-0.05, 0) is 12.2 Å². The zero-order chi connectivity index (χ0) is 23.4. The van der Waals surface area contributed by atoms with Crippen LogP contribution in [-0.4, -0.2) is 47.9 Å². The monoisotopic (exact) mass is 464 g/mol. The summed E-state index contributed by atoms with van der Waals surface area (Å²) in [4.78, 5) is 0. The molecular formula is C10H2F18. The van der Waals surface area contributed by atoms with E-state index in [1.165, 1.54) is 0 Å². The van der Waals surface area contributed by atoms with E-state index >= 15 is 0 Å². The van der Waals surface area contributed by atoms with Crippen LogP contribution in [0.3, 0.4) is 0 Å². The molecule has 0 aliphatic rings. The normalized spacial score (nSPS) is 16.8. The summed E-state index contributed by atoms with van der Waals surface area (Å²) >= 11 is 0. The van der Waals surface area contributed by atoms with Gasteiger partial charge in [-0.15, -0.1) is 0 Å². The predicted molar refractivity (Wildman–Crippen MR) is 50.9 cm³/mol. The third-order valence-corrected chi connectivity index (χ3v) is 2.84. The molecule has 0 aromatic carbocycles. The first-order chi connectivity index (χ1) is 11.7. The predicted octanol–water partition coefficient (Wildman–Crippen LogP) is 6.48. The second kappa shape index (κ2) is 6.50. The smallest absolute Gasteiger partial charge is 0.195 e. The molecule has 0 aromatic rings. The van der Waals surface area contributed by atoms with Crippen molar-refractivity contribution in [1.29, 1.82) is 0 Å². The summed E-state index contributed by atoms with van der Waals surface area (Å²) in [5.41, 5.74) is 0. The molecule has 0 unspecified atom stereocenters. The maximum Gasteiger partial charge on any atom is 0.460 e. The minimum Gasteiger partial charge on any atom is -0.195 e. The lowest BCUT2D eigenvalue weighted by Gasteiger charge is -2.34. The molecule has 0 rings (SSSR count). The Morgan fingerprint density at radius 1 is 0.286 bits per heavy atom. The van der Waals surface area contributed by atoms with Crippen molar-refractivity contribution in [3.8, 4) is 0 Å². The van der Waals surface area contributed by atoms with Gasteiger partial charge in [-0.2, -0.15) is 79.0 Å². The van der Waals surface area contributed by atoms with Gasteiger partial charge in [-0.25, -0.2) is 0 Å². The van der Waals surface area contributed by atoms with E-state index in [1.807, 2.05) is 0 Å². The van der Waals surface area contributed by atoms with Crippen LogP contribution >= 0.6 is 0 Å². The van der Waals surface area contributed by atoms with Crippen molar-refractivity contribution >= 4 is 0 Å². The van der Waals surface area contributed by atoms with Crippen molar-refractivity contribution in [2.24, 2.45) is 0 Å². The minimum atomic E-state index is -7.65. The number of allylic oxidation sites excluding steroid dienone is 2. The van der Waals surface area contributed by atoms with Crippen molar-refractivity contribution in [2.75, 3.05) is 0 Å². The summed E-state index contributed by atoms with van der Waals surface area (Å²) in [6.07, 6.45) is -19.8. The lowest BCUT2D eigenvalue weighted by atomic mass is 9.99. The molecule has 0 aliphatic carbocycles. The number of rotatable bonds is 6. The number of hydrogen-bond donors (Lipinski definition) is 0. The molecule has 0 fully saturated rings. The SMILES string of the molecule is FC(F)(F)C(F)(F)C(F)(F)C(F)(F)C=CC(F)(F)C(F)(F)C(F)(F)C(F)(F)F. The van der Waals surface area contributed by atoms with Crippen LogP contribution in [0.1, 0.15) is 0 Å². The van der Waals surface area contributed by atoms with Crippen molar-refractivity contribution in [3.05, 3.63) is 12.2 Å². The van der Waals surface area contributed by atoms with E-state index in [9.17, 15) is 79.0 Å². The Balaban J connectivity index is 6.19. The number of halogens is 18. The third-order valence-electron chi connectivity index (χ3n) is 2.84. The summed E-state index contributed by atoms with van der Waals surface area (Å²) in [6, 6.07) is 0. The Hall–Kier alpha value is -1.52. The van der Waals surface area contributed by atoms with Gasteiger partial charge in [0.15, 0.2) is 0 Å². The highest BCUT2D eigenvalue weighted by molar-refractivity contribution is 5.16. The van der Waals surface area contributed by atoms with Crippen LogP contribution in [0.25, 0.3) is 0 Å². The van der Waals surface area contributed by atoms with E-state index in [0.717, 1.165) is 0 Å². The summed E-state index contributed by atoms with van der Waals surface area (Å²) in [5.74, 6) is -44.7. The molecule has 168 valence electrons. The molecule has 0 aromatic heterocycles. The van der Waals surface area contributed by atoms with Crippen LogP contribution < -0.4 is 0 Å². The lowest BCUT2D eigenvalue weighted by molar-refractivity contribution is -0.391. The molecule has 0 amide bonds. The van der Waals surface area contributed by atoms with Gasteiger partial charge < -0.3 is 0 Å². The molecule has 18 heteroatoms. The molecule has 0 N–H and O–H groups in total. The molecule has 0 bridgehead atoms. The van der Waals surface area contributed by atoms with Crippen molar-refractivity contribution in [3.63, 3.8) is 0 Å². The second-order valence-corrected chi connectivity index (χ2v) is 4.87. The first-order valence-electron chi connectivity index (χ1n) is 5.81. The fourth-order valence-electron chi connectivity index (χ4n) is 1.19. The zero-order valence-electron chi connectivity index (χ0n) is 12.0. The quantitative estimate of drug-likeness (QED) is 0.312. The van der Waals surface area contributed by atoms with Crippen LogP contribution in [-0.2, 0) is 0 Å². The van der Waals surface area contributed by atoms with Gasteiger partial charge in [0.2, 0.25) is 0 Å². The second-order valence-electron chi connectivity index (χ2n) is 4.87. The van der Waals surface area contributed by atoms with Crippen LogP contribution in [0.2, 0.25) is 0 Å². The van der Waals surface area contributed by atoms with Gasteiger partial charge >= 0.3 is 47.9 Å². The number of hydrogen-bond acceptors (Lipinski definition) is 0. The van der Waals surface area contributed by atoms with Gasteiger partial charge in [0, 0.05) is 0 Å². The molecule has 28 heavy (non-hydrogen) atoms. The molecular weight excluding hydrogens is 462 g/mol. The van der Waals surface area contributed by atoms with E-state index in [0.29, 0.717) is 0 Å². The Morgan fingerprint density at radius 3 is 0.607 bits per heavy atom. The standard InChI is InChI=1S/C10H2F18/c11-3(12,5(15,16)7(19,20)9(23,24)25)1-2-4(13,14)6(17,18)8(21,22)10(26,27)28/h1-2H. The molecule has 0 heterocycles. The first-order valence-corrected chi connectivity index (χ1v) is 5.81. The largest absolute Gasteiger partial charge is 0.460 e. The maximum atomic E-state index is 12.9. The maximum absolute atomic E-state index is 12.9. The van der Waals surface area contributed by atoms with Gasteiger partial charge in [-0.3, -0.25) is 0 Å². The molecule has 0 saturated carbocycles. The average Bonchev–Trinajstić information content (AvgIpc) is 2.42. The molecule has 0 radical (unpaired) electrons. The van der Waals surface area contributed by atoms with Crippen LogP contribution in [0.4, 0.5) is 79.0 Å². The first kappa shape index (κ1) is 26.5. The molecule has 0 spiro atoms. The highest BCUT2D eigenvalue weighted by Crippen LogP contribution is 2.56. The third kappa shape index (κ3) is 3.81. The molecule has 0 nitrogen and oxygen atoms in total. The lowest BCUT2D eigenvalue weighted by Crippen LogP contribution is -2.61. The summed E-state index contributed by atoms with van der Waals surface area (Å²) in [7, 11) is 0. The van der Waals surface area contributed by atoms with E-state index in [2.05, 4.69) is 0 Å². The van der Waals surface area contributed by atoms with E-state index in [4.69, 9.17) is 0 Å². The Bertz CT molecular complexity index is 534. The van der Waals surface area contributed by atoms with Gasteiger partial charge in [-0.1, -0.05) is 0 Å². The van der Waals surface area contributed by atoms with Gasteiger partial charge in [0.05, 0.1) is 0 Å². The van der Waals surface area contributed by atoms with Crippen molar-refractivity contribution < 1.29 is 79.0 Å². The molecule has 0 aliphatic heterocycles. The summed E-state index contributed by atoms with van der Waals surface area (Å²) < 4.78 is 222. The van der Waals surface area contributed by atoms with Crippen LogP contribution in [0.5, 0.6) is 0 Å². The Labute approximate surface area is 140 Å². The van der Waals surface area contributed by atoms with E-state index in [-0.39, 0.29) is 0 Å². The van der Waals surface area contributed by atoms with Crippen LogP contribution in [0.15, 0.2) is 12.2 Å². The highest BCUT2D eigenvalue weighted by atomic mass is 19.4. The average molecular weight is 464 g/mol. The highest BCUT2D eigenvalue weighted by Gasteiger charge is 2.83. The summed E-state index contributed by atoms with van der Waals surface area (Å²) in [5, 5.41) is 0. The Morgan fingerprint density at radius 2 is 0.464 bits per heavy atom.